The first-order valence-corrected chi connectivity index (χ1v) is 6.56. The third-order valence-electron chi connectivity index (χ3n) is 2.57. The van der Waals surface area contributed by atoms with E-state index in [2.05, 4.69) is 26.2 Å². The van der Waals surface area contributed by atoms with Crippen LogP contribution in [0.4, 0.5) is 11.4 Å². The van der Waals surface area contributed by atoms with Crippen molar-refractivity contribution in [1.29, 1.82) is 0 Å². The number of carboxylic acids is 1. The second-order valence-electron chi connectivity index (χ2n) is 3.93. The summed E-state index contributed by atoms with van der Waals surface area (Å²) in [7, 11) is 0. The molecule has 0 aliphatic heterocycles. The van der Waals surface area contributed by atoms with Crippen molar-refractivity contribution in [1.82, 2.24) is 4.98 Å². The fraction of sp³-hybridized carbons (Fsp3) is 0.0769. The number of nitrogens with one attached hydrogen (secondary N) is 1. The highest BCUT2D eigenvalue weighted by Crippen LogP contribution is 2.32. The molecule has 0 amide bonds. The van der Waals surface area contributed by atoms with Crippen molar-refractivity contribution >= 4 is 44.9 Å². The summed E-state index contributed by atoms with van der Waals surface area (Å²) in [6.07, 6.45) is 2.90. The number of aromatic nitrogens is 1. The Hall–Kier alpha value is -1.59. The van der Waals surface area contributed by atoms with Gasteiger partial charge in [-0.25, -0.2) is 4.79 Å². The van der Waals surface area contributed by atoms with Crippen molar-refractivity contribution in [3.8, 4) is 0 Å². The fourth-order valence-electron chi connectivity index (χ4n) is 1.57. The molecule has 1 heterocycles. The van der Waals surface area contributed by atoms with E-state index in [0.717, 1.165) is 10.0 Å². The Morgan fingerprint density at radius 3 is 2.84 bits per heavy atom. The van der Waals surface area contributed by atoms with Crippen LogP contribution in [0.2, 0.25) is 5.02 Å². The van der Waals surface area contributed by atoms with Crippen LogP contribution in [0.1, 0.15) is 15.9 Å². The summed E-state index contributed by atoms with van der Waals surface area (Å²) in [4.78, 5) is 15.0. The molecule has 1 aromatic heterocycles. The number of hydrogen-bond donors (Lipinski definition) is 2. The highest BCUT2D eigenvalue weighted by Gasteiger charge is 2.11. The zero-order chi connectivity index (χ0) is 14.0. The molecule has 98 valence electrons. The molecular formula is C13H10BrClN2O2. The van der Waals surface area contributed by atoms with E-state index < -0.39 is 5.97 Å². The first kappa shape index (κ1) is 13.8. The van der Waals surface area contributed by atoms with E-state index >= 15 is 0 Å². The van der Waals surface area contributed by atoms with Gasteiger partial charge in [0.15, 0.2) is 0 Å². The second kappa shape index (κ2) is 5.59. The Balaban J connectivity index is 2.42. The predicted octanol–water partition coefficient (Wildman–Crippen LogP) is 4.25. The summed E-state index contributed by atoms with van der Waals surface area (Å²) in [5.74, 6) is -1.01. The van der Waals surface area contributed by atoms with Gasteiger partial charge in [-0.2, -0.15) is 0 Å². The Labute approximate surface area is 123 Å². The molecule has 0 atom stereocenters. The van der Waals surface area contributed by atoms with E-state index in [1.165, 1.54) is 18.5 Å². The quantitative estimate of drug-likeness (QED) is 0.876. The first-order valence-electron chi connectivity index (χ1n) is 5.39. The summed E-state index contributed by atoms with van der Waals surface area (Å²) in [6.45, 7) is 1.89. The summed E-state index contributed by atoms with van der Waals surface area (Å²) in [6, 6.07) is 5.04. The summed E-state index contributed by atoms with van der Waals surface area (Å²) < 4.78 is 0.801. The molecule has 2 aromatic rings. The minimum Gasteiger partial charge on any atom is -0.478 e. The zero-order valence-corrected chi connectivity index (χ0v) is 12.3. The van der Waals surface area contributed by atoms with E-state index in [1.54, 1.807) is 6.07 Å². The third kappa shape index (κ3) is 3.05. The van der Waals surface area contributed by atoms with Crippen LogP contribution >= 0.6 is 27.5 Å². The Kier molecular flexibility index (Phi) is 4.07. The number of hydrogen-bond acceptors (Lipinski definition) is 3. The van der Waals surface area contributed by atoms with Crippen LogP contribution in [0, 0.1) is 6.92 Å². The van der Waals surface area contributed by atoms with Gasteiger partial charge in [0, 0.05) is 15.7 Å². The summed E-state index contributed by atoms with van der Waals surface area (Å²) in [5.41, 5.74) is 2.18. The maximum Gasteiger partial charge on any atom is 0.337 e. The molecule has 0 saturated carbocycles. The van der Waals surface area contributed by atoms with Crippen molar-refractivity contribution in [2.45, 2.75) is 6.92 Å². The Morgan fingerprint density at radius 1 is 1.42 bits per heavy atom. The van der Waals surface area contributed by atoms with Gasteiger partial charge in [0.1, 0.15) is 0 Å². The van der Waals surface area contributed by atoms with Crippen LogP contribution in [-0.2, 0) is 0 Å². The number of halogens is 2. The van der Waals surface area contributed by atoms with E-state index in [-0.39, 0.29) is 5.56 Å². The molecule has 2 N–H and O–H groups in total. The van der Waals surface area contributed by atoms with E-state index in [4.69, 9.17) is 16.7 Å². The summed E-state index contributed by atoms with van der Waals surface area (Å²) in [5, 5.41) is 12.7. The molecular weight excluding hydrogens is 332 g/mol. The van der Waals surface area contributed by atoms with Gasteiger partial charge in [-0.15, -0.1) is 0 Å². The maximum atomic E-state index is 11.1. The number of aryl methyl sites for hydroxylation is 1. The largest absolute Gasteiger partial charge is 0.478 e. The number of rotatable bonds is 3. The van der Waals surface area contributed by atoms with Gasteiger partial charge in [-0.1, -0.05) is 11.6 Å². The summed E-state index contributed by atoms with van der Waals surface area (Å²) >= 11 is 9.47. The topological polar surface area (TPSA) is 62.2 Å². The van der Waals surface area contributed by atoms with Gasteiger partial charge in [0.05, 0.1) is 23.1 Å². The van der Waals surface area contributed by atoms with Crippen LogP contribution in [0.25, 0.3) is 0 Å². The molecule has 2 rings (SSSR count). The fourth-order valence-corrected chi connectivity index (χ4v) is 2.29. The lowest BCUT2D eigenvalue weighted by Gasteiger charge is -2.12. The molecule has 1 aromatic carbocycles. The SMILES string of the molecule is Cc1cc(Br)c(Nc2cnccc2C(=O)O)cc1Cl. The van der Waals surface area contributed by atoms with Gasteiger partial charge >= 0.3 is 5.97 Å². The van der Waals surface area contributed by atoms with Crippen molar-refractivity contribution in [2.75, 3.05) is 5.32 Å². The number of pyridine rings is 1. The average molecular weight is 342 g/mol. The number of anilines is 2. The normalized spacial score (nSPS) is 10.3. The number of carbonyl (C=O) groups is 1. The highest BCUT2D eigenvalue weighted by molar-refractivity contribution is 9.10. The van der Waals surface area contributed by atoms with Gasteiger partial charge < -0.3 is 10.4 Å². The molecule has 0 unspecified atom stereocenters. The number of aromatic carboxylic acids is 1. The lowest BCUT2D eigenvalue weighted by atomic mass is 10.2. The molecule has 19 heavy (non-hydrogen) atoms. The minimum atomic E-state index is -1.01. The monoisotopic (exact) mass is 340 g/mol. The number of nitrogens with zero attached hydrogens (tertiary/aromatic N) is 1. The Morgan fingerprint density at radius 2 is 2.16 bits per heavy atom. The minimum absolute atomic E-state index is 0.151. The average Bonchev–Trinajstić information content (AvgIpc) is 2.36. The van der Waals surface area contributed by atoms with Crippen LogP contribution < -0.4 is 5.32 Å². The van der Waals surface area contributed by atoms with E-state index in [1.807, 2.05) is 13.0 Å². The predicted molar refractivity (Wildman–Crippen MR) is 78.4 cm³/mol. The van der Waals surface area contributed by atoms with Gasteiger partial charge in [0.25, 0.3) is 0 Å². The van der Waals surface area contributed by atoms with Gasteiger partial charge in [-0.05, 0) is 46.6 Å². The van der Waals surface area contributed by atoms with Crippen molar-refractivity contribution in [3.05, 3.63) is 51.2 Å². The van der Waals surface area contributed by atoms with Crippen LogP contribution in [0.5, 0.6) is 0 Å². The van der Waals surface area contributed by atoms with Gasteiger partial charge in [-0.3, -0.25) is 4.98 Å². The van der Waals surface area contributed by atoms with Crippen molar-refractivity contribution < 1.29 is 9.90 Å². The van der Waals surface area contributed by atoms with E-state index in [0.29, 0.717) is 16.4 Å². The molecule has 4 nitrogen and oxygen atoms in total. The zero-order valence-electron chi connectivity index (χ0n) is 9.95. The van der Waals surface area contributed by atoms with Crippen LogP contribution in [0.3, 0.4) is 0 Å². The molecule has 0 fully saturated rings. The Bertz CT molecular complexity index is 647. The molecule has 0 aliphatic rings. The second-order valence-corrected chi connectivity index (χ2v) is 5.19. The standard InChI is InChI=1S/C13H10BrClN2O2/c1-7-4-9(14)11(5-10(7)15)17-12-6-16-3-2-8(12)13(18)19/h2-6,17H,1H3,(H,18,19). The van der Waals surface area contributed by atoms with Gasteiger partial charge in [0.2, 0.25) is 0 Å². The number of benzene rings is 1. The van der Waals surface area contributed by atoms with E-state index in [9.17, 15) is 4.79 Å². The first-order chi connectivity index (χ1) is 8.99. The number of carboxylic acid groups (broad SMARTS) is 1. The molecule has 0 saturated heterocycles. The molecule has 0 aliphatic carbocycles. The van der Waals surface area contributed by atoms with Crippen LogP contribution in [-0.4, -0.2) is 16.1 Å². The molecule has 0 bridgehead atoms. The smallest absolute Gasteiger partial charge is 0.337 e. The molecule has 6 heteroatoms. The lowest BCUT2D eigenvalue weighted by molar-refractivity contribution is 0.0698. The third-order valence-corrected chi connectivity index (χ3v) is 3.63. The lowest BCUT2D eigenvalue weighted by Crippen LogP contribution is -2.03. The maximum absolute atomic E-state index is 11.1. The van der Waals surface area contributed by atoms with Crippen molar-refractivity contribution in [3.63, 3.8) is 0 Å². The molecule has 0 spiro atoms. The van der Waals surface area contributed by atoms with Crippen LogP contribution in [0.15, 0.2) is 35.1 Å². The highest BCUT2D eigenvalue weighted by atomic mass is 79.9. The van der Waals surface area contributed by atoms with Crippen molar-refractivity contribution in [2.24, 2.45) is 0 Å². The molecule has 0 radical (unpaired) electrons.